The van der Waals surface area contributed by atoms with Crippen LogP contribution in [0, 0.1) is 22.7 Å². The summed E-state index contributed by atoms with van der Waals surface area (Å²) < 4.78 is 0. The number of hydrogen-bond donors (Lipinski definition) is 0. The van der Waals surface area contributed by atoms with E-state index in [2.05, 4.69) is 0 Å². The Balaban J connectivity index is 4.41. The first-order valence-corrected chi connectivity index (χ1v) is 1.99. The van der Waals surface area contributed by atoms with E-state index in [0.29, 0.717) is 0 Å². The highest BCUT2D eigenvalue weighted by molar-refractivity contribution is 6.24. The maximum atomic E-state index is 8.10. The molecule has 0 rings (SSSR count). The molecule has 0 aromatic rings. The molecular formula is C5H3BN2. The molecule has 0 bridgehead atoms. The molecule has 0 aromatic heterocycles. The number of allylic oxidation sites excluding steroid dienone is 2. The third-order valence-electron chi connectivity index (χ3n) is 0.692. The average molecular weight is 102 g/mol. The fourth-order valence-corrected chi connectivity index (χ4v) is 0.144. The van der Waals surface area contributed by atoms with E-state index >= 15 is 0 Å². The second-order valence-corrected chi connectivity index (χ2v) is 1.26. The highest BCUT2D eigenvalue weighted by Crippen LogP contribution is 1.93. The largest absolute Gasteiger partial charge is 0.194 e. The van der Waals surface area contributed by atoms with Crippen LogP contribution in [-0.2, 0) is 0 Å². The van der Waals surface area contributed by atoms with Gasteiger partial charge in [-0.15, -0.1) is 0 Å². The van der Waals surface area contributed by atoms with Gasteiger partial charge in [0.05, 0.1) is 12.1 Å². The lowest BCUT2D eigenvalue weighted by molar-refractivity contribution is 1.42. The maximum Gasteiger partial charge on any atom is 0.130 e. The molecule has 0 N–H and O–H groups in total. The summed E-state index contributed by atoms with van der Waals surface area (Å²) in [6.07, 6.45) is 0. The zero-order chi connectivity index (χ0) is 6.57. The van der Waals surface area contributed by atoms with Gasteiger partial charge in [0.2, 0.25) is 0 Å². The van der Waals surface area contributed by atoms with Crippen LogP contribution in [-0.4, -0.2) is 7.85 Å². The molecular weight excluding hydrogens is 98.9 g/mol. The molecule has 0 aromatic carbocycles. The van der Waals surface area contributed by atoms with E-state index in [-0.39, 0.29) is 11.0 Å². The Morgan fingerprint density at radius 3 is 2.00 bits per heavy atom. The van der Waals surface area contributed by atoms with E-state index in [4.69, 9.17) is 18.4 Å². The molecule has 0 amide bonds. The van der Waals surface area contributed by atoms with Gasteiger partial charge in [0.1, 0.15) is 7.85 Å². The van der Waals surface area contributed by atoms with Crippen LogP contribution >= 0.6 is 0 Å². The van der Waals surface area contributed by atoms with Gasteiger partial charge < -0.3 is 0 Å². The predicted molar refractivity (Wildman–Crippen MR) is 29.7 cm³/mol. The standard InChI is InChI=1S/C5H3BN2/c1-4(2-7)5(6)3-8/h1H3/b5-4+. The number of nitriles is 2. The molecule has 0 saturated carbocycles. The van der Waals surface area contributed by atoms with Gasteiger partial charge in [-0.1, -0.05) is 0 Å². The summed E-state index contributed by atoms with van der Waals surface area (Å²) in [7, 11) is 5.02. The molecule has 0 atom stereocenters. The minimum absolute atomic E-state index is 0.00694. The molecule has 0 saturated heterocycles. The van der Waals surface area contributed by atoms with Crippen molar-refractivity contribution in [1.82, 2.24) is 0 Å². The van der Waals surface area contributed by atoms with Crippen molar-refractivity contribution in [1.29, 1.82) is 10.5 Å². The zero-order valence-electron chi connectivity index (χ0n) is 4.47. The first-order chi connectivity index (χ1) is 3.72. The predicted octanol–water partition coefficient (Wildman–Crippen LogP) is 0.476. The lowest BCUT2D eigenvalue weighted by atomic mass is 9.93. The Morgan fingerprint density at radius 1 is 1.38 bits per heavy atom. The molecule has 2 nitrogen and oxygen atoms in total. The molecule has 0 unspecified atom stereocenters. The minimum atomic E-state index is -0.00694. The van der Waals surface area contributed by atoms with E-state index in [1.165, 1.54) is 6.92 Å². The lowest BCUT2D eigenvalue weighted by Gasteiger charge is -1.82. The molecule has 8 heavy (non-hydrogen) atoms. The number of nitrogens with zero attached hydrogens (tertiary/aromatic N) is 2. The third kappa shape index (κ3) is 1.49. The summed E-state index contributed by atoms with van der Waals surface area (Å²) in [6, 6.07) is 3.40. The summed E-state index contributed by atoms with van der Waals surface area (Å²) in [5.74, 6) is 0. The molecule has 2 radical (unpaired) electrons. The maximum absolute atomic E-state index is 8.10. The second kappa shape index (κ2) is 2.88. The summed E-state index contributed by atoms with van der Waals surface area (Å²) in [5, 5.41) is 16.1. The quantitative estimate of drug-likeness (QED) is 0.329. The van der Waals surface area contributed by atoms with Gasteiger partial charge in [0.15, 0.2) is 0 Å². The number of rotatable bonds is 0. The Kier molecular flexibility index (Phi) is 2.44. The van der Waals surface area contributed by atoms with E-state index in [0.717, 1.165) is 0 Å². The van der Waals surface area contributed by atoms with Crippen molar-refractivity contribution < 1.29 is 0 Å². The fourth-order valence-electron chi connectivity index (χ4n) is 0.144. The van der Waals surface area contributed by atoms with Gasteiger partial charge >= 0.3 is 0 Å². The normalized spacial score (nSPS) is 10.9. The molecule has 0 spiro atoms. The zero-order valence-corrected chi connectivity index (χ0v) is 4.47. The van der Waals surface area contributed by atoms with Crippen molar-refractivity contribution >= 4 is 7.85 Å². The second-order valence-electron chi connectivity index (χ2n) is 1.26. The van der Waals surface area contributed by atoms with Gasteiger partial charge in [0, 0.05) is 5.57 Å². The molecule has 0 aliphatic carbocycles. The van der Waals surface area contributed by atoms with E-state index in [1.54, 1.807) is 12.1 Å². The third-order valence-corrected chi connectivity index (χ3v) is 0.692. The SMILES string of the molecule is [B]/C(C#N)=C(\C)C#N. The Labute approximate surface area is 49.4 Å². The van der Waals surface area contributed by atoms with Gasteiger partial charge in [0.25, 0.3) is 0 Å². The first-order valence-electron chi connectivity index (χ1n) is 1.99. The van der Waals surface area contributed by atoms with Crippen LogP contribution in [0.5, 0.6) is 0 Å². The molecule has 3 heteroatoms. The van der Waals surface area contributed by atoms with Crippen LogP contribution in [0.1, 0.15) is 6.92 Å². The summed E-state index contributed by atoms with van der Waals surface area (Å²) >= 11 is 0. The van der Waals surface area contributed by atoms with Gasteiger partial charge in [-0.3, -0.25) is 0 Å². The monoisotopic (exact) mass is 102 g/mol. The summed E-state index contributed by atoms with van der Waals surface area (Å²) in [4.78, 5) is 0. The van der Waals surface area contributed by atoms with Crippen molar-refractivity contribution in [2.24, 2.45) is 0 Å². The Morgan fingerprint density at radius 2 is 1.88 bits per heavy atom. The van der Waals surface area contributed by atoms with Gasteiger partial charge in [-0.2, -0.15) is 10.5 Å². The smallest absolute Gasteiger partial charge is 0.130 e. The van der Waals surface area contributed by atoms with Crippen LogP contribution < -0.4 is 0 Å². The van der Waals surface area contributed by atoms with Crippen LogP contribution in [0.3, 0.4) is 0 Å². The van der Waals surface area contributed by atoms with Crippen molar-refractivity contribution in [3.8, 4) is 12.1 Å². The Bertz CT molecular complexity index is 169. The van der Waals surface area contributed by atoms with Crippen molar-refractivity contribution in [3.63, 3.8) is 0 Å². The van der Waals surface area contributed by atoms with E-state index in [9.17, 15) is 0 Å². The van der Waals surface area contributed by atoms with Gasteiger partial charge in [-0.05, 0) is 12.4 Å². The topological polar surface area (TPSA) is 47.6 Å². The average Bonchev–Trinajstić information content (AvgIpc) is 1.84. The summed E-state index contributed by atoms with van der Waals surface area (Å²) in [5.41, 5.74) is 0.264. The lowest BCUT2D eigenvalue weighted by Crippen LogP contribution is -1.79. The number of hydrogen-bond acceptors (Lipinski definition) is 2. The van der Waals surface area contributed by atoms with Crippen LogP contribution in [0.2, 0.25) is 0 Å². The highest BCUT2D eigenvalue weighted by Gasteiger charge is 1.88. The van der Waals surface area contributed by atoms with Gasteiger partial charge in [-0.25, -0.2) is 0 Å². The van der Waals surface area contributed by atoms with Crippen LogP contribution in [0.4, 0.5) is 0 Å². The summed E-state index contributed by atoms with van der Waals surface area (Å²) in [6.45, 7) is 1.50. The highest BCUT2D eigenvalue weighted by atomic mass is 14.3. The van der Waals surface area contributed by atoms with Crippen molar-refractivity contribution in [2.45, 2.75) is 6.92 Å². The van der Waals surface area contributed by atoms with Crippen molar-refractivity contribution in [3.05, 3.63) is 11.0 Å². The first kappa shape index (κ1) is 6.78. The van der Waals surface area contributed by atoms with Crippen LogP contribution in [0.25, 0.3) is 0 Å². The molecule has 0 heterocycles. The Hall–Kier alpha value is -1.22. The molecule has 36 valence electrons. The van der Waals surface area contributed by atoms with Crippen LogP contribution in [0.15, 0.2) is 11.0 Å². The molecule has 0 aliphatic heterocycles. The van der Waals surface area contributed by atoms with Crippen molar-refractivity contribution in [2.75, 3.05) is 0 Å². The minimum Gasteiger partial charge on any atom is -0.194 e. The van der Waals surface area contributed by atoms with E-state index in [1.807, 2.05) is 0 Å². The molecule has 0 fully saturated rings. The van der Waals surface area contributed by atoms with E-state index < -0.39 is 0 Å². The fraction of sp³-hybridized carbons (Fsp3) is 0.200. The molecule has 0 aliphatic rings.